The zero-order chi connectivity index (χ0) is 15.2. The van der Waals surface area contributed by atoms with Crippen molar-refractivity contribution in [1.82, 2.24) is 10.3 Å². The number of hydrogen-bond donors (Lipinski definition) is 3. The van der Waals surface area contributed by atoms with Crippen LogP contribution < -0.4 is 16.8 Å². The molecule has 2 heterocycles. The zero-order valence-electron chi connectivity index (χ0n) is 11.6. The van der Waals surface area contributed by atoms with E-state index in [1.54, 1.807) is 17.5 Å². The van der Waals surface area contributed by atoms with Crippen LogP contribution in [-0.4, -0.2) is 16.9 Å². The van der Waals surface area contributed by atoms with Gasteiger partial charge < -0.3 is 21.2 Å². The average Bonchev–Trinajstić information content (AvgIpc) is 3.04. The van der Waals surface area contributed by atoms with Gasteiger partial charge in [-0.2, -0.15) is 4.99 Å². The number of guanidine groups is 1. The highest BCUT2D eigenvalue weighted by molar-refractivity contribution is 7.13. The Labute approximate surface area is 126 Å². The highest BCUT2D eigenvalue weighted by atomic mass is 32.1. The summed E-state index contributed by atoms with van der Waals surface area (Å²) in [7, 11) is 0. The molecular formula is C13H17N5O2S. The minimum Gasteiger partial charge on any atom is -0.458 e. The minimum absolute atomic E-state index is 0.0131. The van der Waals surface area contributed by atoms with E-state index in [9.17, 15) is 4.79 Å². The summed E-state index contributed by atoms with van der Waals surface area (Å²) in [5.74, 6) is 1.27. The summed E-state index contributed by atoms with van der Waals surface area (Å²) < 4.78 is 5.64. The monoisotopic (exact) mass is 307 g/mol. The fourth-order valence-corrected chi connectivity index (χ4v) is 2.35. The average molecular weight is 307 g/mol. The Hall–Kier alpha value is -2.35. The van der Waals surface area contributed by atoms with Gasteiger partial charge in [0.25, 0.3) is 0 Å². The van der Waals surface area contributed by atoms with Gasteiger partial charge in [0.1, 0.15) is 11.5 Å². The van der Waals surface area contributed by atoms with E-state index in [1.807, 2.05) is 6.92 Å². The van der Waals surface area contributed by atoms with E-state index in [1.165, 1.54) is 11.3 Å². The molecule has 0 atom stereocenters. The Balaban J connectivity index is 2.01. The van der Waals surface area contributed by atoms with Gasteiger partial charge in [-0.3, -0.25) is 4.79 Å². The number of carbonyl (C=O) groups excluding carboxylic acids is 1. The number of aromatic nitrogens is 1. The van der Waals surface area contributed by atoms with Gasteiger partial charge in [-0.15, -0.1) is 11.3 Å². The van der Waals surface area contributed by atoms with Gasteiger partial charge in [0.05, 0.1) is 6.54 Å². The molecule has 7 nitrogen and oxygen atoms in total. The highest BCUT2D eigenvalue weighted by Gasteiger charge is 2.10. The number of rotatable bonds is 6. The number of nitrogens with one attached hydrogen (secondary N) is 1. The molecule has 0 aliphatic heterocycles. The molecule has 0 saturated carbocycles. The Bertz CT molecular complexity index is 643. The van der Waals surface area contributed by atoms with Crippen molar-refractivity contribution in [2.75, 3.05) is 0 Å². The number of nitrogens with two attached hydrogens (primary N) is 2. The molecule has 5 N–H and O–H groups in total. The van der Waals surface area contributed by atoms with Crippen LogP contribution in [0.5, 0.6) is 0 Å². The van der Waals surface area contributed by atoms with Crippen LogP contribution in [0.1, 0.15) is 25.5 Å². The van der Waals surface area contributed by atoms with Crippen molar-refractivity contribution in [2.45, 2.75) is 26.3 Å². The number of aliphatic imine (C=N–C) groups is 1. The number of carbonyl (C=O) groups is 1. The Morgan fingerprint density at radius 3 is 3.00 bits per heavy atom. The number of nitrogens with zero attached hydrogens (tertiary/aromatic N) is 2. The summed E-state index contributed by atoms with van der Waals surface area (Å²) in [4.78, 5) is 19.5. The maximum Gasteiger partial charge on any atom is 0.220 e. The predicted molar refractivity (Wildman–Crippen MR) is 82.0 cm³/mol. The second-order valence-corrected chi connectivity index (χ2v) is 5.18. The molecule has 8 heteroatoms. The third-order valence-electron chi connectivity index (χ3n) is 2.57. The van der Waals surface area contributed by atoms with Crippen molar-refractivity contribution >= 4 is 28.3 Å². The molecule has 0 aliphatic carbocycles. The van der Waals surface area contributed by atoms with Gasteiger partial charge in [-0.1, -0.05) is 6.92 Å². The van der Waals surface area contributed by atoms with E-state index < -0.39 is 0 Å². The number of furan rings is 1. The van der Waals surface area contributed by atoms with E-state index in [2.05, 4.69) is 15.3 Å². The first kappa shape index (κ1) is 15.0. The molecule has 2 aromatic heterocycles. The lowest BCUT2D eigenvalue weighted by molar-refractivity contribution is -0.121. The van der Waals surface area contributed by atoms with E-state index in [-0.39, 0.29) is 11.9 Å². The molecule has 21 heavy (non-hydrogen) atoms. The zero-order valence-corrected chi connectivity index (χ0v) is 12.4. The molecule has 0 unspecified atom stereocenters. The second kappa shape index (κ2) is 6.89. The fraction of sp³-hybridized carbons (Fsp3) is 0.308. The van der Waals surface area contributed by atoms with Crippen molar-refractivity contribution in [3.63, 3.8) is 0 Å². The molecule has 0 fully saturated rings. The molecule has 1 amide bonds. The normalized spacial score (nSPS) is 10.3. The Morgan fingerprint density at radius 1 is 1.48 bits per heavy atom. The molecule has 2 rings (SSSR count). The molecule has 0 spiro atoms. The van der Waals surface area contributed by atoms with Gasteiger partial charge in [-0.25, -0.2) is 4.98 Å². The number of hydrogen-bond acceptors (Lipinski definition) is 5. The summed E-state index contributed by atoms with van der Waals surface area (Å²) in [5.41, 5.74) is 11.3. The minimum atomic E-state index is -0.0327. The summed E-state index contributed by atoms with van der Waals surface area (Å²) in [6.07, 6.45) is 1.34. The molecule has 0 saturated heterocycles. The molecule has 112 valence electrons. The topological polar surface area (TPSA) is 120 Å². The van der Waals surface area contributed by atoms with E-state index in [0.29, 0.717) is 35.3 Å². The maximum absolute atomic E-state index is 11.4. The molecule has 0 aliphatic rings. The van der Waals surface area contributed by atoms with Crippen molar-refractivity contribution in [3.8, 4) is 11.5 Å². The second-order valence-electron chi connectivity index (χ2n) is 4.34. The highest BCUT2D eigenvalue weighted by Crippen LogP contribution is 2.27. The summed E-state index contributed by atoms with van der Waals surface area (Å²) in [5, 5.41) is 5.07. The van der Waals surface area contributed by atoms with Crippen LogP contribution >= 0.6 is 11.3 Å². The van der Waals surface area contributed by atoms with Gasteiger partial charge in [0.2, 0.25) is 11.0 Å². The van der Waals surface area contributed by atoms with Crippen molar-refractivity contribution in [1.29, 1.82) is 0 Å². The van der Waals surface area contributed by atoms with Gasteiger partial charge in [0, 0.05) is 11.8 Å². The molecule has 2 aromatic rings. The standard InChI is InChI=1S/C13H17N5O2S/c1-2-3-11(19)16-6-8-4-5-10(20-8)9-7-21-13(17-9)18-12(14)15/h4-5,7H,2-3,6H2,1H3,(H,16,19)(H4,14,15,17,18). The Morgan fingerprint density at radius 2 is 2.29 bits per heavy atom. The predicted octanol–water partition coefficient (Wildman–Crippen LogP) is 1.72. The lowest BCUT2D eigenvalue weighted by Gasteiger charge is -2.00. The lowest BCUT2D eigenvalue weighted by atomic mass is 10.3. The SMILES string of the molecule is CCCC(=O)NCc1ccc(-c2csc(N=C(N)N)n2)o1. The largest absolute Gasteiger partial charge is 0.458 e. The third-order valence-corrected chi connectivity index (χ3v) is 3.30. The number of amides is 1. The summed E-state index contributed by atoms with van der Waals surface area (Å²) in [6, 6.07) is 3.61. The fourth-order valence-electron chi connectivity index (χ4n) is 1.65. The lowest BCUT2D eigenvalue weighted by Crippen LogP contribution is -2.21. The number of thiazole rings is 1. The van der Waals surface area contributed by atoms with Crippen molar-refractivity contribution in [2.24, 2.45) is 16.5 Å². The molecule has 0 bridgehead atoms. The van der Waals surface area contributed by atoms with Crippen LogP contribution in [0.15, 0.2) is 26.9 Å². The van der Waals surface area contributed by atoms with E-state index in [4.69, 9.17) is 15.9 Å². The van der Waals surface area contributed by atoms with Crippen LogP contribution in [-0.2, 0) is 11.3 Å². The molecule has 0 radical (unpaired) electrons. The van der Waals surface area contributed by atoms with E-state index in [0.717, 1.165) is 6.42 Å². The summed E-state index contributed by atoms with van der Waals surface area (Å²) in [6.45, 7) is 2.32. The quantitative estimate of drug-likeness (QED) is 0.554. The van der Waals surface area contributed by atoms with Crippen molar-refractivity contribution in [3.05, 3.63) is 23.3 Å². The van der Waals surface area contributed by atoms with Crippen molar-refractivity contribution < 1.29 is 9.21 Å². The van der Waals surface area contributed by atoms with Gasteiger partial charge >= 0.3 is 0 Å². The van der Waals surface area contributed by atoms with Gasteiger partial charge in [-0.05, 0) is 18.6 Å². The molecular weight excluding hydrogens is 290 g/mol. The third kappa shape index (κ3) is 4.32. The van der Waals surface area contributed by atoms with Crippen LogP contribution in [0.4, 0.5) is 5.13 Å². The van der Waals surface area contributed by atoms with Gasteiger partial charge in [0.15, 0.2) is 11.7 Å². The first-order valence-corrected chi connectivity index (χ1v) is 7.37. The van der Waals surface area contributed by atoms with Crippen LogP contribution in [0.2, 0.25) is 0 Å². The first-order valence-electron chi connectivity index (χ1n) is 6.49. The van der Waals surface area contributed by atoms with Crippen LogP contribution in [0, 0.1) is 0 Å². The van der Waals surface area contributed by atoms with Crippen LogP contribution in [0.3, 0.4) is 0 Å². The smallest absolute Gasteiger partial charge is 0.220 e. The summed E-state index contributed by atoms with van der Waals surface area (Å²) >= 11 is 1.32. The first-order chi connectivity index (χ1) is 10.1. The molecule has 0 aromatic carbocycles. The van der Waals surface area contributed by atoms with E-state index >= 15 is 0 Å². The van der Waals surface area contributed by atoms with Crippen LogP contribution in [0.25, 0.3) is 11.5 Å². The Kier molecular flexibility index (Phi) is 4.94. The maximum atomic E-state index is 11.4.